The predicted molar refractivity (Wildman–Crippen MR) is 84.2 cm³/mol. The lowest BCUT2D eigenvalue weighted by Gasteiger charge is -2.10. The number of pyridine rings is 2. The molecule has 0 aliphatic rings. The predicted octanol–water partition coefficient (Wildman–Crippen LogP) is 2.99. The summed E-state index contributed by atoms with van der Waals surface area (Å²) < 4.78 is 1.30. The first kappa shape index (κ1) is 14.3. The van der Waals surface area contributed by atoms with Gasteiger partial charge in [0.25, 0.3) is 0 Å². The maximum atomic E-state index is 12.3. The third kappa shape index (κ3) is 2.35. The molecule has 2 heterocycles. The van der Waals surface area contributed by atoms with Crippen molar-refractivity contribution in [3.8, 4) is 0 Å². The second kappa shape index (κ2) is 5.61. The van der Waals surface area contributed by atoms with Gasteiger partial charge in [-0.25, -0.2) is 4.98 Å². The standard InChI is InChI=1S/C15H11N3O3S/c1-17-11-7-3-2-6-10(11)14(13(15(17)19)18(20)21)22-12-8-4-5-9-16-12/h2-9H,1H3. The third-order valence-electron chi connectivity index (χ3n) is 3.26. The van der Waals surface area contributed by atoms with Gasteiger partial charge in [0.1, 0.15) is 9.92 Å². The number of aryl methyl sites for hydroxylation is 1. The smallest absolute Gasteiger partial charge is 0.305 e. The number of hydrogen-bond donors (Lipinski definition) is 0. The molecule has 0 saturated heterocycles. The van der Waals surface area contributed by atoms with Crippen molar-refractivity contribution in [3.05, 3.63) is 69.1 Å². The van der Waals surface area contributed by atoms with Gasteiger partial charge in [0, 0.05) is 18.6 Å². The van der Waals surface area contributed by atoms with Crippen LogP contribution in [0.1, 0.15) is 0 Å². The third-order valence-corrected chi connectivity index (χ3v) is 4.33. The van der Waals surface area contributed by atoms with Gasteiger partial charge < -0.3 is 4.57 Å². The van der Waals surface area contributed by atoms with E-state index < -0.39 is 16.2 Å². The Kier molecular flexibility index (Phi) is 3.64. The molecule has 2 aromatic heterocycles. The Morgan fingerprint density at radius 2 is 1.91 bits per heavy atom. The van der Waals surface area contributed by atoms with Gasteiger partial charge in [0.15, 0.2) is 0 Å². The highest BCUT2D eigenvalue weighted by atomic mass is 32.2. The van der Waals surface area contributed by atoms with Crippen LogP contribution in [-0.4, -0.2) is 14.5 Å². The molecule has 3 aromatic rings. The molecule has 0 saturated carbocycles. The second-order valence-corrected chi connectivity index (χ2v) is 5.62. The molecule has 0 fully saturated rings. The van der Waals surface area contributed by atoms with Crippen LogP contribution in [0.4, 0.5) is 5.69 Å². The zero-order chi connectivity index (χ0) is 15.7. The van der Waals surface area contributed by atoms with Crippen molar-refractivity contribution in [2.24, 2.45) is 7.05 Å². The number of nitro groups is 1. The number of nitrogens with zero attached hydrogens (tertiary/aromatic N) is 3. The first-order valence-corrected chi connectivity index (χ1v) is 7.26. The van der Waals surface area contributed by atoms with Crippen molar-refractivity contribution in [2.75, 3.05) is 0 Å². The number of aromatic nitrogens is 2. The summed E-state index contributed by atoms with van der Waals surface area (Å²) in [7, 11) is 1.53. The Bertz CT molecular complexity index is 922. The lowest BCUT2D eigenvalue weighted by molar-refractivity contribution is -0.389. The van der Waals surface area contributed by atoms with E-state index in [1.54, 1.807) is 48.7 Å². The van der Waals surface area contributed by atoms with Crippen molar-refractivity contribution >= 4 is 28.4 Å². The van der Waals surface area contributed by atoms with Crippen LogP contribution < -0.4 is 5.56 Å². The molecule has 1 aromatic carbocycles. The molecule has 0 aliphatic carbocycles. The van der Waals surface area contributed by atoms with Gasteiger partial charge in [-0.2, -0.15) is 0 Å². The van der Waals surface area contributed by atoms with Crippen molar-refractivity contribution < 1.29 is 4.92 Å². The average Bonchev–Trinajstić information content (AvgIpc) is 2.53. The van der Waals surface area contributed by atoms with E-state index in [0.29, 0.717) is 20.8 Å². The normalized spacial score (nSPS) is 10.8. The first-order valence-electron chi connectivity index (χ1n) is 6.44. The average molecular weight is 313 g/mol. The topological polar surface area (TPSA) is 78.0 Å². The Morgan fingerprint density at radius 3 is 2.59 bits per heavy atom. The molecule has 0 N–H and O–H groups in total. The lowest BCUT2D eigenvalue weighted by atomic mass is 10.2. The van der Waals surface area contributed by atoms with Crippen LogP contribution in [-0.2, 0) is 7.05 Å². The molecule has 6 nitrogen and oxygen atoms in total. The zero-order valence-electron chi connectivity index (χ0n) is 11.6. The minimum atomic E-state index is -0.625. The highest BCUT2D eigenvalue weighted by Gasteiger charge is 2.25. The van der Waals surface area contributed by atoms with Crippen LogP contribution in [0.25, 0.3) is 10.9 Å². The van der Waals surface area contributed by atoms with Crippen molar-refractivity contribution in [1.29, 1.82) is 0 Å². The first-order chi connectivity index (χ1) is 10.6. The number of fused-ring (bicyclic) bond motifs is 1. The fourth-order valence-corrected chi connectivity index (χ4v) is 3.24. The molecule has 0 atom stereocenters. The Morgan fingerprint density at radius 1 is 1.18 bits per heavy atom. The molecule has 0 bridgehead atoms. The summed E-state index contributed by atoms with van der Waals surface area (Å²) in [4.78, 5) is 27.6. The quantitative estimate of drug-likeness (QED) is 0.548. The van der Waals surface area contributed by atoms with Gasteiger partial charge in [0.2, 0.25) is 0 Å². The molecule has 22 heavy (non-hydrogen) atoms. The fraction of sp³-hybridized carbons (Fsp3) is 0.0667. The summed E-state index contributed by atoms with van der Waals surface area (Å²) in [5, 5.41) is 12.6. The van der Waals surface area contributed by atoms with Gasteiger partial charge >= 0.3 is 11.2 Å². The fourth-order valence-electron chi connectivity index (χ4n) is 2.23. The summed E-state index contributed by atoms with van der Waals surface area (Å²) in [6, 6.07) is 12.4. The zero-order valence-corrected chi connectivity index (χ0v) is 12.4. The monoisotopic (exact) mass is 313 g/mol. The number of hydrogen-bond acceptors (Lipinski definition) is 5. The van der Waals surface area contributed by atoms with E-state index in [-0.39, 0.29) is 0 Å². The molecule has 0 unspecified atom stereocenters. The van der Waals surface area contributed by atoms with E-state index in [2.05, 4.69) is 4.98 Å². The molecule has 0 aliphatic heterocycles. The van der Waals surface area contributed by atoms with Crippen LogP contribution in [0, 0.1) is 10.1 Å². The van der Waals surface area contributed by atoms with Gasteiger partial charge in [-0.15, -0.1) is 0 Å². The summed E-state index contributed by atoms with van der Waals surface area (Å²) in [5.74, 6) is 0. The van der Waals surface area contributed by atoms with E-state index in [4.69, 9.17) is 0 Å². The van der Waals surface area contributed by atoms with E-state index >= 15 is 0 Å². The Labute approximate surface area is 129 Å². The molecule has 0 radical (unpaired) electrons. The maximum absolute atomic E-state index is 12.3. The van der Waals surface area contributed by atoms with Crippen LogP contribution in [0.5, 0.6) is 0 Å². The minimum absolute atomic E-state index is 0.322. The minimum Gasteiger partial charge on any atom is -0.305 e. The number of para-hydroxylation sites is 1. The SMILES string of the molecule is Cn1c(=O)c([N+](=O)[O-])c(Sc2ccccn2)c2ccccc21. The van der Waals surface area contributed by atoms with E-state index in [0.717, 1.165) is 11.8 Å². The van der Waals surface area contributed by atoms with E-state index in [1.165, 1.54) is 11.6 Å². The van der Waals surface area contributed by atoms with Gasteiger partial charge in [-0.3, -0.25) is 14.9 Å². The number of benzene rings is 1. The molecule has 0 amide bonds. The maximum Gasteiger partial charge on any atom is 0.348 e. The van der Waals surface area contributed by atoms with Crippen LogP contribution in [0.3, 0.4) is 0 Å². The molecular weight excluding hydrogens is 302 g/mol. The largest absolute Gasteiger partial charge is 0.348 e. The van der Waals surface area contributed by atoms with Crippen molar-refractivity contribution in [1.82, 2.24) is 9.55 Å². The van der Waals surface area contributed by atoms with Crippen LogP contribution in [0.2, 0.25) is 0 Å². The van der Waals surface area contributed by atoms with Crippen molar-refractivity contribution in [3.63, 3.8) is 0 Å². The summed E-state index contributed by atoms with van der Waals surface area (Å²) >= 11 is 1.13. The summed E-state index contributed by atoms with van der Waals surface area (Å²) in [6.45, 7) is 0. The highest BCUT2D eigenvalue weighted by Crippen LogP contribution is 2.37. The summed E-state index contributed by atoms with van der Waals surface area (Å²) in [6.07, 6.45) is 1.61. The second-order valence-electron chi connectivity index (χ2n) is 4.59. The van der Waals surface area contributed by atoms with Gasteiger partial charge in [-0.05, 0) is 18.2 Å². The molecule has 3 rings (SSSR count). The molecule has 7 heteroatoms. The van der Waals surface area contributed by atoms with Gasteiger partial charge in [-0.1, -0.05) is 36.0 Å². The van der Waals surface area contributed by atoms with Crippen molar-refractivity contribution in [2.45, 2.75) is 9.92 Å². The van der Waals surface area contributed by atoms with Crippen LogP contribution >= 0.6 is 11.8 Å². The number of rotatable bonds is 3. The molecular formula is C15H11N3O3S. The summed E-state index contributed by atoms with van der Waals surface area (Å²) in [5.41, 5.74) is -0.393. The van der Waals surface area contributed by atoms with Crippen LogP contribution in [0.15, 0.2) is 63.4 Å². The Balaban J connectivity index is 2.35. The highest BCUT2D eigenvalue weighted by molar-refractivity contribution is 7.99. The van der Waals surface area contributed by atoms with E-state index in [1.807, 2.05) is 0 Å². The lowest BCUT2D eigenvalue weighted by Crippen LogP contribution is -2.21. The molecule has 0 spiro atoms. The van der Waals surface area contributed by atoms with Gasteiger partial charge in [0.05, 0.1) is 10.4 Å². The Hall–Kier alpha value is -2.67. The van der Waals surface area contributed by atoms with E-state index in [9.17, 15) is 14.9 Å². The molecule has 110 valence electrons.